The van der Waals surface area contributed by atoms with E-state index in [4.69, 9.17) is 4.74 Å². The lowest BCUT2D eigenvalue weighted by Gasteiger charge is -2.26. The van der Waals surface area contributed by atoms with Gasteiger partial charge in [-0.15, -0.1) is 5.10 Å². The number of H-pyrrole nitrogens is 1. The molecule has 7 heteroatoms. The first-order valence-corrected chi connectivity index (χ1v) is 10.1. The Morgan fingerprint density at radius 1 is 1.21 bits per heavy atom. The van der Waals surface area contributed by atoms with E-state index in [1.165, 1.54) is 29.5 Å². The van der Waals surface area contributed by atoms with Gasteiger partial charge in [-0.3, -0.25) is 9.78 Å². The molecule has 2 aromatic heterocycles. The average molecular weight is 377 g/mol. The summed E-state index contributed by atoms with van der Waals surface area (Å²) in [7, 11) is 0. The number of aryl methyl sites for hydroxylation is 2. The van der Waals surface area contributed by atoms with Gasteiger partial charge in [-0.25, -0.2) is 4.68 Å². The number of fused-ring (bicyclic) bond motifs is 3. The van der Waals surface area contributed by atoms with Gasteiger partial charge in [0.2, 0.25) is 5.95 Å². The summed E-state index contributed by atoms with van der Waals surface area (Å²) in [5.74, 6) is 1.33. The van der Waals surface area contributed by atoms with Gasteiger partial charge in [0.05, 0.1) is 24.4 Å². The molecule has 3 aromatic rings. The molecule has 1 aromatic carbocycles. The number of nitrogens with one attached hydrogen (secondary N) is 1. The van der Waals surface area contributed by atoms with Crippen molar-refractivity contribution in [1.29, 1.82) is 0 Å². The van der Waals surface area contributed by atoms with Crippen molar-refractivity contribution < 1.29 is 4.74 Å². The molecule has 0 spiro atoms. The zero-order valence-electron chi connectivity index (χ0n) is 16.1. The van der Waals surface area contributed by atoms with Crippen LogP contribution in [0.15, 0.2) is 23.1 Å². The maximum Gasteiger partial charge on any atom is 0.263 e. The van der Waals surface area contributed by atoms with Crippen LogP contribution < -0.4 is 10.5 Å². The molecule has 7 nitrogen and oxygen atoms in total. The van der Waals surface area contributed by atoms with Gasteiger partial charge in [0.25, 0.3) is 5.56 Å². The topological polar surface area (TPSA) is 76.0 Å². The van der Waals surface area contributed by atoms with Gasteiger partial charge >= 0.3 is 0 Å². The average Bonchev–Trinajstić information content (AvgIpc) is 3.08. The van der Waals surface area contributed by atoms with Gasteiger partial charge in [0.1, 0.15) is 5.39 Å². The minimum absolute atomic E-state index is 0.139. The van der Waals surface area contributed by atoms with Crippen molar-refractivity contribution in [2.45, 2.75) is 51.2 Å². The highest BCUT2D eigenvalue weighted by Crippen LogP contribution is 2.41. The Balaban J connectivity index is 1.44. The molecule has 28 heavy (non-hydrogen) atoms. The number of hydrogen-bond donors (Lipinski definition) is 1. The Bertz CT molecular complexity index is 1140. The third kappa shape index (κ3) is 2.42. The van der Waals surface area contributed by atoms with Crippen molar-refractivity contribution in [3.05, 3.63) is 45.4 Å². The van der Waals surface area contributed by atoms with E-state index in [9.17, 15) is 4.79 Å². The summed E-state index contributed by atoms with van der Waals surface area (Å²) in [6, 6.07) is 4.82. The molecule has 1 aliphatic carbocycles. The first kappa shape index (κ1) is 16.3. The second-order valence-corrected chi connectivity index (χ2v) is 8.48. The first-order chi connectivity index (χ1) is 13.6. The van der Waals surface area contributed by atoms with Crippen LogP contribution in [0.25, 0.3) is 16.7 Å². The van der Waals surface area contributed by atoms with Crippen molar-refractivity contribution in [3.8, 4) is 5.69 Å². The van der Waals surface area contributed by atoms with E-state index in [-0.39, 0.29) is 11.7 Å². The molecule has 2 bridgehead atoms. The molecule has 1 saturated carbocycles. The Hall–Kier alpha value is -2.67. The highest BCUT2D eigenvalue weighted by atomic mass is 16.5. The number of ether oxygens (including phenoxy) is 1. The zero-order chi connectivity index (χ0) is 19.0. The summed E-state index contributed by atoms with van der Waals surface area (Å²) < 4.78 is 7.48. The van der Waals surface area contributed by atoms with Crippen LogP contribution in [0.1, 0.15) is 41.9 Å². The summed E-state index contributed by atoms with van der Waals surface area (Å²) in [5, 5.41) is 5.20. The second-order valence-electron chi connectivity index (χ2n) is 8.48. The Labute approximate surface area is 162 Å². The van der Waals surface area contributed by atoms with E-state index >= 15 is 0 Å². The Morgan fingerprint density at radius 3 is 2.64 bits per heavy atom. The number of benzene rings is 1. The van der Waals surface area contributed by atoms with Crippen LogP contribution >= 0.6 is 0 Å². The standard InChI is InChI=1S/C21H23N5O2/c1-11-5-14(13-3-4-13)6-12(2)18(11)26-9-17-19(24-26)22-21(23-20(17)27)25-8-16-7-15(25)10-28-16/h5-6,9,13,15-16H,3-4,7-8,10H2,1-2H3,(H,22,23,24,27)/t15?,16-/m1/s1. The zero-order valence-corrected chi connectivity index (χ0v) is 16.1. The molecule has 4 heterocycles. The lowest BCUT2D eigenvalue weighted by Crippen LogP contribution is -2.38. The van der Waals surface area contributed by atoms with Gasteiger partial charge in [-0.1, -0.05) is 12.1 Å². The third-order valence-corrected chi connectivity index (χ3v) is 6.34. The van der Waals surface area contributed by atoms with Gasteiger partial charge in [0.15, 0.2) is 5.65 Å². The minimum atomic E-state index is -0.139. The van der Waals surface area contributed by atoms with Crippen LogP contribution in [0.2, 0.25) is 0 Å². The van der Waals surface area contributed by atoms with Crippen molar-refractivity contribution in [2.24, 2.45) is 0 Å². The van der Waals surface area contributed by atoms with E-state index in [1.54, 1.807) is 6.20 Å². The van der Waals surface area contributed by atoms with E-state index < -0.39 is 0 Å². The first-order valence-electron chi connectivity index (χ1n) is 10.1. The highest BCUT2D eigenvalue weighted by Gasteiger charge is 2.40. The molecule has 2 saturated heterocycles. The van der Waals surface area contributed by atoms with Crippen molar-refractivity contribution in [1.82, 2.24) is 19.7 Å². The monoisotopic (exact) mass is 377 g/mol. The predicted molar refractivity (Wildman–Crippen MR) is 106 cm³/mol. The number of aromatic nitrogens is 4. The maximum atomic E-state index is 12.7. The summed E-state index contributed by atoms with van der Waals surface area (Å²) in [6.07, 6.45) is 5.63. The van der Waals surface area contributed by atoms with E-state index in [0.717, 1.165) is 24.6 Å². The number of rotatable bonds is 3. The molecule has 0 amide bonds. The summed E-state index contributed by atoms with van der Waals surface area (Å²) in [4.78, 5) is 22.5. The van der Waals surface area contributed by atoms with Gasteiger partial charge < -0.3 is 9.64 Å². The Kier molecular flexibility index (Phi) is 3.30. The minimum Gasteiger partial charge on any atom is -0.374 e. The lowest BCUT2D eigenvalue weighted by molar-refractivity contribution is 0.0986. The fraction of sp³-hybridized carbons (Fsp3) is 0.476. The maximum absolute atomic E-state index is 12.7. The molecule has 144 valence electrons. The molecule has 6 rings (SSSR count). The van der Waals surface area contributed by atoms with Crippen LogP contribution in [-0.2, 0) is 4.74 Å². The summed E-state index contributed by atoms with van der Waals surface area (Å²) in [6.45, 7) is 5.71. The highest BCUT2D eigenvalue weighted by molar-refractivity contribution is 5.75. The van der Waals surface area contributed by atoms with E-state index in [2.05, 4.69) is 45.9 Å². The second kappa shape index (κ2) is 5.67. The molecule has 3 fully saturated rings. The molecule has 1 N–H and O–H groups in total. The molecular weight excluding hydrogens is 354 g/mol. The third-order valence-electron chi connectivity index (χ3n) is 6.34. The van der Waals surface area contributed by atoms with Crippen molar-refractivity contribution >= 4 is 17.0 Å². The number of hydrogen-bond acceptors (Lipinski definition) is 5. The van der Waals surface area contributed by atoms with Crippen molar-refractivity contribution in [3.63, 3.8) is 0 Å². The number of morpholine rings is 1. The van der Waals surface area contributed by atoms with Gasteiger partial charge in [0, 0.05) is 12.7 Å². The molecule has 2 aliphatic heterocycles. The largest absolute Gasteiger partial charge is 0.374 e. The molecule has 3 aliphatic rings. The van der Waals surface area contributed by atoms with Crippen LogP contribution in [-0.4, -0.2) is 45.0 Å². The Morgan fingerprint density at radius 2 is 2.00 bits per heavy atom. The summed E-state index contributed by atoms with van der Waals surface area (Å²) in [5.41, 5.74) is 5.17. The smallest absolute Gasteiger partial charge is 0.263 e. The van der Waals surface area contributed by atoms with Crippen LogP contribution in [0.5, 0.6) is 0 Å². The number of aromatic amines is 1. The molecule has 0 radical (unpaired) electrons. The van der Waals surface area contributed by atoms with Crippen LogP contribution in [0.4, 0.5) is 5.95 Å². The lowest BCUT2D eigenvalue weighted by atomic mass is 10.0. The van der Waals surface area contributed by atoms with Crippen LogP contribution in [0.3, 0.4) is 0 Å². The number of nitrogens with zero attached hydrogens (tertiary/aromatic N) is 4. The van der Waals surface area contributed by atoms with Gasteiger partial charge in [-0.2, -0.15) is 4.98 Å². The normalized spacial score (nSPS) is 23.9. The van der Waals surface area contributed by atoms with Crippen LogP contribution in [0, 0.1) is 13.8 Å². The molecule has 1 unspecified atom stereocenters. The summed E-state index contributed by atoms with van der Waals surface area (Å²) >= 11 is 0. The van der Waals surface area contributed by atoms with Crippen molar-refractivity contribution in [2.75, 3.05) is 18.1 Å². The quantitative estimate of drug-likeness (QED) is 0.759. The fourth-order valence-electron chi connectivity index (χ4n) is 4.82. The van der Waals surface area contributed by atoms with E-state index in [0.29, 0.717) is 29.6 Å². The SMILES string of the molecule is Cc1cc(C2CC2)cc(C)c1-n1cc2c(=O)[nH]c(N3C[C@H]4CC3CO4)nc2n1. The van der Waals surface area contributed by atoms with E-state index in [1.807, 2.05) is 4.68 Å². The predicted octanol–water partition coefficient (Wildman–Crippen LogP) is 2.58. The fourth-order valence-corrected chi connectivity index (χ4v) is 4.82. The number of anilines is 1. The molecule has 2 atom stereocenters. The molecular formula is C21H23N5O2. The van der Waals surface area contributed by atoms with Gasteiger partial charge in [-0.05, 0) is 55.7 Å².